The maximum Gasteiger partial charge on any atom is 0.264 e. The second-order valence-corrected chi connectivity index (χ2v) is 10.0. The lowest BCUT2D eigenvalue weighted by molar-refractivity contribution is -0.120. The first-order valence-electron chi connectivity index (χ1n) is 9.97. The van der Waals surface area contributed by atoms with Gasteiger partial charge in [0.2, 0.25) is 5.91 Å². The van der Waals surface area contributed by atoms with Crippen molar-refractivity contribution in [1.82, 2.24) is 5.32 Å². The summed E-state index contributed by atoms with van der Waals surface area (Å²) >= 11 is 0. The van der Waals surface area contributed by atoms with Gasteiger partial charge < -0.3 is 5.32 Å². The molecule has 2 aliphatic rings. The standard InChI is InChI=1S/C22H25FN2O3S/c1-15-2-10-20(11-3-15)29(27,28)25(19-8-6-18(23)7-9-19)14-22(26)24-21-13-16-4-5-17(21)12-16/h2-3,6-11,16-17,21H,4-5,12-14H2,1H3,(H,24,26)/t16-,17+,21+/m0/s1. The topological polar surface area (TPSA) is 66.5 Å². The van der Waals surface area contributed by atoms with E-state index in [1.54, 1.807) is 12.1 Å². The van der Waals surface area contributed by atoms with Crippen molar-refractivity contribution in [2.45, 2.75) is 43.5 Å². The summed E-state index contributed by atoms with van der Waals surface area (Å²) in [4.78, 5) is 12.9. The van der Waals surface area contributed by atoms with Gasteiger partial charge in [-0.3, -0.25) is 9.10 Å². The predicted octanol–water partition coefficient (Wildman–Crippen LogP) is 3.63. The number of anilines is 1. The maximum atomic E-state index is 13.4. The summed E-state index contributed by atoms with van der Waals surface area (Å²) in [6.07, 6.45) is 4.46. The van der Waals surface area contributed by atoms with Crippen molar-refractivity contribution >= 4 is 21.6 Å². The van der Waals surface area contributed by atoms with Crippen LogP contribution in [-0.4, -0.2) is 26.9 Å². The van der Waals surface area contributed by atoms with Crippen molar-refractivity contribution in [3.63, 3.8) is 0 Å². The monoisotopic (exact) mass is 416 g/mol. The first kappa shape index (κ1) is 19.9. The van der Waals surface area contributed by atoms with Crippen LogP contribution in [0.5, 0.6) is 0 Å². The second-order valence-electron chi connectivity index (χ2n) is 8.15. The zero-order chi connectivity index (χ0) is 20.6. The molecule has 7 heteroatoms. The Bertz CT molecular complexity index is 990. The Morgan fingerprint density at radius 1 is 1.07 bits per heavy atom. The van der Waals surface area contributed by atoms with Crippen molar-refractivity contribution in [1.29, 1.82) is 0 Å². The molecule has 0 heterocycles. The van der Waals surface area contributed by atoms with Gasteiger partial charge in [0.25, 0.3) is 10.0 Å². The zero-order valence-corrected chi connectivity index (χ0v) is 17.2. The van der Waals surface area contributed by atoms with Crippen LogP contribution in [0.25, 0.3) is 0 Å². The second kappa shape index (κ2) is 7.78. The van der Waals surface area contributed by atoms with Crippen molar-refractivity contribution in [2.24, 2.45) is 11.8 Å². The zero-order valence-electron chi connectivity index (χ0n) is 16.3. The minimum Gasteiger partial charge on any atom is -0.352 e. The minimum absolute atomic E-state index is 0.0974. The van der Waals surface area contributed by atoms with Gasteiger partial charge in [0.1, 0.15) is 12.4 Å². The molecule has 0 aliphatic heterocycles. The van der Waals surface area contributed by atoms with E-state index in [1.807, 2.05) is 6.92 Å². The number of amides is 1. The highest BCUT2D eigenvalue weighted by Crippen LogP contribution is 2.44. The van der Waals surface area contributed by atoms with Gasteiger partial charge in [-0.1, -0.05) is 24.1 Å². The number of fused-ring (bicyclic) bond motifs is 2. The highest BCUT2D eigenvalue weighted by molar-refractivity contribution is 7.92. The summed E-state index contributed by atoms with van der Waals surface area (Å²) in [6, 6.07) is 11.7. The largest absolute Gasteiger partial charge is 0.352 e. The molecule has 154 valence electrons. The number of halogens is 1. The molecule has 2 aromatic carbocycles. The first-order chi connectivity index (χ1) is 13.8. The fraction of sp³-hybridized carbons (Fsp3) is 0.409. The number of nitrogens with one attached hydrogen (secondary N) is 1. The van der Waals surface area contributed by atoms with Gasteiger partial charge in [0.05, 0.1) is 10.6 Å². The van der Waals surface area contributed by atoms with E-state index >= 15 is 0 Å². The van der Waals surface area contributed by atoms with Crippen LogP contribution in [0.1, 0.15) is 31.2 Å². The first-order valence-corrected chi connectivity index (χ1v) is 11.4. The molecule has 0 spiro atoms. The molecule has 29 heavy (non-hydrogen) atoms. The molecular weight excluding hydrogens is 391 g/mol. The number of carbonyl (C=O) groups excluding carboxylic acids is 1. The van der Waals surface area contributed by atoms with Gasteiger partial charge in [-0.15, -0.1) is 0 Å². The Morgan fingerprint density at radius 2 is 1.76 bits per heavy atom. The molecule has 2 aliphatic carbocycles. The number of nitrogens with zero attached hydrogens (tertiary/aromatic N) is 1. The van der Waals surface area contributed by atoms with Crippen LogP contribution in [0.3, 0.4) is 0 Å². The summed E-state index contributed by atoms with van der Waals surface area (Å²) in [7, 11) is -3.97. The van der Waals surface area contributed by atoms with Gasteiger partial charge in [0, 0.05) is 6.04 Å². The lowest BCUT2D eigenvalue weighted by Gasteiger charge is -2.27. The molecule has 3 atom stereocenters. The number of sulfonamides is 1. The van der Waals surface area contributed by atoms with Gasteiger partial charge in [-0.2, -0.15) is 0 Å². The maximum absolute atomic E-state index is 13.4. The third kappa shape index (κ3) is 4.15. The smallest absolute Gasteiger partial charge is 0.264 e. The molecule has 2 saturated carbocycles. The average Bonchev–Trinajstić information content (AvgIpc) is 3.30. The SMILES string of the molecule is Cc1ccc(S(=O)(=O)N(CC(=O)N[C@@H]2C[C@H]3CC[C@@H]2C3)c2ccc(F)cc2)cc1. The van der Waals surface area contributed by atoms with Gasteiger partial charge in [-0.05, 0) is 74.4 Å². The van der Waals surface area contributed by atoms with E-state index < -0.39 is 15.8 Å². The molecule has 5 nitrogen and oxygen atoms in total. The van der Waals surface area contributed by atoms with Gasteiger partial charge in [-0.25, -0.2) is 12.8 Å². The molecule has 0 saturated heterocycles. The Labute approximate surface area is 171 Å². The molecular formula is C22H25FN2O3S. The van der Waals surface area contributed by atoms with Crippen LogP contribution < -0.4 is 9.62 Å². The normalized spacial score (nSPS) is 23.2. The van der Waals surface area contributed by atoms with Crippen molar-refractivity contribution < 1.29 is 17.6 Å². The molecule has 0 radical (unpaired) electrons. The lowest BCUT2D eigenvalue weighted by atomic mass is 9.95. The molecule has 0 aromatic heterocycles. The third-order valence-corrected chi connectivity index (χ3v) is 7.88. The Kier molecular flexibility index (Phi) is 5.34. The Balaban J connectivity index is 1.59. The van der Waals surface area contributed by atoms with E-state index in [1.165, 1.54) is 42.8 Å². The fourth-order valence-electron chi connectivity index (χ4n) is 4.56. The van der Waals surface area contributed by atoms with E-state index in [0.29, 0.717) is 11.8 Å². The summed E-state index contributed by atoms with van der Waals surface area (Å²) in [5.41, 5.74) is 1.20. The number of rotatable bonds is 6. The van der Waals surface area contributed by atoms with Crippen LogP contribution in [0, 0.1) is 24.6 Å². The number of benzene rings is 2. The van der Waals surface area contributed by atoms with E-state index in [4.69, 9.17) is 0 Å². The van der Waals surface area contributed by atoms with E-state index in [2.05, 4.69) is 5.32 Å². The van der Waals surface area contributed by atoms with Crippen molar-refractivity contribution in [2.75, 3.05) is 10.8 Å². The average molecular weight is 417 g/mol. The number of hydrogen-bond acceptors (Lipinski definition) is 3. The molecule has 2 bridgehead atoms. The summed E-state index contributed by atoms with van der Waals surface area (Å²) in [5.74, 6) is 0.377. The summed E-state index contributed by atoms with van der Waals surface area (Å²) in [6.45, 7) is 1.53. The van der Waals surface area contributed by atoms with Gasteiger partial charge >= 0.3 is 0 Å². The molecule has 1 amide bonds. The Morgan fingerprint density at radius 3 is 2.34 bits per heavy atom. The predicted molar refractivity (Wildman–Crippen MR) is 109 cm³/mol. The highest BCUT2D eigenvalue weighted by atomic mass is 32.2. The van der Waals surface area contributed by atoms with Crippen LogP contribution in [0.15, 0.2) is 53.4 Å². The molecule has 4 rings (SSSR count). The van der Waals surface area contributed by atoms with E-state index in [9.17, 15) is 17.6 Å². The summed E-state index contributed by atoms with van der Waals surface area (Å²) < 4.78 is 41.0. The van der Waals surface area contributed by atoms with E-state index in [0.717, 1.165) is 29.1 Å². The van der Waals surface area contributed by atoms with Crippen LogP contribution in [0.4, 0.5) is 10.1 Å². The minimum atomic E-state index is -3.97. The van der Waals surface area contributed by atoms with Crippen LogP contribution >= 0.6 is 0 Å². The Hall–Kier alpha value is -2.41. The van der Waals surface area contributed by atoms with Crippen LogP contribution in [0.2, 0.25) is 0 Å². The highest BCUT2D eigenvalue weighted by Gasteiger charge is 2.40. The number of carbonyl (C=O) groups is 1. The van der Waals surface area contributed by atoms with Gasteiger partial charge in [0.15, 0.2) is 0 Å². The quantitative estimate of drug-likeness (QED) is 0.782. The summed E-state index contributed by atoms with van der Waals surface area (Å²) in [5, 5.41) is 3.04. The molecule has 2 aromatic rings. The third-order valence-electron chi connectivity index (χ3n) is 6.10. The number of aryl methyl sites for hydroxylation is 1. The lowest BCUT2D eigenvalue weighted by Crippen LogP contribution is -2.46. The molecule has 1 N–H and O–H groups in total. The molecule has 2 fully saturated rings. The van der Waals surface area contributed by atoms with E-state index in [-0.39, 0.29) is 29.1 Å². The fourth-order valence-corrected chi connectivity index (χ4v) is 5.99. The van der Waals surface area contributed by atoms with Crippen molar-refractivity contribution in [3.05, 3.63) is 59.9 Å². The van der Waals surface area contributed by atoms with Crippen LogP contribution in [-0.2, 0) is 14.8 Å². The number of hydrogen-bond donors (Lipinski definition) is 1. The molecule has 0 unspecified atom stereocenters. The van der Waals surface area contributed by atoms with Crippen molar-refractivity contribution in [3.8, 4) is 0 Å².